The van der Waals surface area contributed by atoms with Gasteiger partial charge in [-0.05, 0) is 59.1 Å². The van der Waals surface area contributed by atoms with E-state index in [1.165, 1.54) is 0 Å². The van der Waals surface area contributed by atoms with Gasteiger partial charge in [-0.15, -0.1) is 0 Å². The lowest BCUT2D eigenvalue weighted by Gasteiger charge is -2.23. The van der Waals surface area contributed by atoms with Crippen LogP contribution in [0.1, 0.15) is 57.5 Å². The summed E-state index contributed by atoms with van der Waals surface area (Å²) in [6.07, 6.45) is 2.22. The molecule has 1 atom stereocenters. The average Bonchev–Trinajstić information content (AvgIpc) is 3.11. The molecule has 1 aliphatic rings. The molecule has 0 radical (unpaired) electrons. The number of nitrogens with zero attached hydrogens (tertiary/aromatic N) is 3. The van der Waals surface area contributed by atoms with Crippen LogP contribution in [0.5, 0.6) is 0 Å². The number of nitrogens with one attached hydrogen (secondary N) is 1. The van der Waals surface area contributed by atoms with E-state index in [-0.39, 0.29) is 18.3 Å². The van der Waals surface area contributed by atoms with Gasteiger partial charge in [0.1, 0.15) is 17.3 Å². The number of alkyl carbamates (subject to hydrolysis) is 1. The number of amides is 1. The highest BCUT2D eigenvalue weighted by Gasteiger charge is 2.24. The lowest BCUT2D eigenvalue weighted by Crippen LogP contribution is -2.32. The summed E-state index contributed by atoms with van der Waals surface area (Å²) in [6.45, 7) is 8.05. The highest BCUT2D eigenvalue weighted by atomic mass is 35.5. The van der Waals surface area contributed by atoms with Crippen molar-refractivity contribution in [1.29, 1.82) is 0 Å². The first kappa shape index (κ1) is 24.1. The van der Waals surface area contributed by atoms with Crippen molar-refractivity contribution in [2.45, 2.75) is 58.8 Å². The normalized spacial score (nSPS) is 16.4. The molecule has 4 rings (SSSR count). The van der Waals surface area contributed by atoms with Gasteiger partial charge in [0.15, 0.2) is 0 Å². The SMILES string of the molecule is Cc1c2c(=O)n(C)c3c(C#CCNC(=O)OC(C)(C)C)cc(Cl)cc3c2nn1C1CCCCO1. The molecule has 3 heterocycles. The monoisotopic (exact) mass is 484 g/mol. The molecule has 180 valence electrons. The Balaban J connectivity index is 1.77. The molecule has 0 spiro atoms. The molecule has 1 amide bonds. The van der Waals surface area contributed by atoms with Crippen molar-refractivity contribution < 1.29 is 14.3 Å². The predicted octanol–water partition coefficient (Wildman–Crippen LogP) is 4.43. The van der Waals surface area contributed by atoms with Crippen LogP contribution in [0.15, 0.2) is 16.9 Å². The number of carbonyl (C=O) groups excluding carboxylic acids is 1. The van der Waals surface area contributed by atoms with Crippen LogP contribution in [0.25, 0.3) is 21.8 Å². The summed E-state index contributed by atoms with van der Waals surface area (Å²) in [4.78, 5) is 25.2. The van der Waals surface area contributed by atoms with Crippen LogP contribution in [0, 0.1) is 18.8 Å². The molecular formula is C25H29ClN4O4. The van der Waals surface area contributed by atoms with Crippen LogP contribution in [0.4, 0.5) is 4.79 Å². The van der Waals surface area contributed by atoms with Crippen LogP contribution in [0.2, 0.25) is 5.02 Å². The number of fused-ring (bicyclic) bond motifs is 3. The minimum atomic E-state index is -0.589. The highest BCUT2D eigenvalue weighted by Crippen LogP contribution is 2.32. The van der Waals surface area contributed by atoms with E-state index in [9.17, 15) is 9.59 Å². The van der Waals surface area contributed by atoms with Gasteiger partial charge in [0.2, 0.25) is 0 Å². The highest BCUT2D eigenvalue weighted by molar-refractivity contribution is 6.32. The van der Waals surface area contributed by atoms with E-state index in [4.69, 9.17) is 26.2 Å². The van der Waals surface area contributed by atoms with Gasteiger partial charge >= 0.3 is 6.09 Å². The fraction of sp³-hybridized carbons (Fsp3) is 0.480. The maximum atomic E-state index is 13.4. The smallest absolute Gasteiger partial charge is 0.408 e. The number of aryl methyl sites for hydroxylation is 2. The zero-order valence-corrected chi connectivity index (χ0v) is 20.9. The summed E-state index contributed by atoms with van der Waals surface area (Å²) < 4.78 is 14.5. The van der Waals surface area contributed by atoms with Gasteiger partial charge in [-0.2, -0.15) is 5.10 Å². The Labute approximate surface area is 203 Å². The van der Waals surface area contributed by atoms with Gasteiger partial charge in [0.05, 0.1) is 28.7 Å². The Morgan fingerprint density at radius 3 is 2.79 bits per heavy atom. The number of halogens is 1. The number of carbonyl (C=O) groups is 1. The first-order valence-corrected chi connectivity index (χ1v) is 11.7. The van der Waals surface area contributed by atoms with Crippen molar-refractivity contribution in [3.63, 3.8) is 0 Å². The van der Waals surface area contributed by atoms with Gasteiger partial charge < -0.3 is 19.4 Å². The number of pyridine rings is 1. The Hall–Kier alpha value is -3.02. The average molecular weight is 485 g/mol. The Morgan fingerprint density at radius 1 is 1.35 bits per heavy atom. The van der Waals surface area contributed by atoms with Crippen LogP contribution >= 0.6 is 11.6 Å². The van der Waals surface area contributed by atoms with Crippen molar-refractivity contribution in [3.05, 3.63) is 38.8 Å². The molecule has 0 bridgehead atoms. The quantitative estimate of drug-likeness (QED) is 0.544. The molecule has 3 aromatic rings. The van der Waals surface area contributed by atoms with E-state index in [1.54, 1.807) is 44.5 Å². The van der Waals surface area contributed by atoms with Crippen LogP contribution in [0.3, 0.4) is 0 Å². The molecule has 1 N–H and O–H groups in total. The van der Waals surface area contributed by atoms with E-state index < -0.39 is 11.7 Å². The van der Waals surface area contributed by atoms with Gasteiger partial charge in [-0.3, -0.25) is 4.79 Å². The number of benzene rings is 1. The third kappa shape index (κ3) is 4.77. The maximum Gasteiger partial charge on any atom is 0.408 e. The topological polar surface area (TPSA) is 87.4 Å². The minimum Gasteiger partial charge on any atom is -0.444 e. The molecule has 8 nitrogen and oxygen atoms in total. The molecule has 1 saturated heterocycles. The van der Waals surface area contributed by atoms with Gasteiger partial charge in [-0.25, -0.2) is 9.48 Å². The molecule has 0 aliphatic carbocycles. The first-order chi connectivity index (χ1) is 16.1. The van der Waals surface area contributed by atoms with Crippen LogP contribution in [-0.4, -0.2) is 39.2 Å². The zero-order valence-electron chi connectivity index (χ0n) is 20.1. The van der Waals surface area contributed by atoms with Gasteiger partial charge in [-0.1, -0.05) is 23.4 Å². The summed E-state index contributed by atoms with van der Waals surface area (Å²) in [7, 11) is 1.72. The summed E-state index contributed by atoms with van der Waals surface area (Å²) in [5, 5.41) is 9.19. The largest absolute Gasteiger partial charge is 0.444 e. The third-order valence-electron chi connectivity index (χ3n) is 5.71. The van der Waals surface area contributed by atoms with E-state index >= 15 is 0 Å². The molecule has 1 aliphatic heterocycles. The van der Waals surface area contributed by atoms with Crippen molar-refractivity contribution >= 4 is 39.5 Å². The molecule has 0 saturated carbocycles. The van der Waals surface area contributed by atoms with Crippen molar-refractivity contribution in [3.8, 4) is 11.8 Å². The molecule has 34 heavy (non-hydrogen) atoms. The van der Waals surface area contributed by atoms with Crippen molar-refractivity contribution in [2.75, 3.05) is 13.2 Å². The fourth-order valence-electron chi connectivity index (χ4n) is 4.24. The number of ether oxygens (including phenoxy) is 2. The van der Waals surface area contributed by atoms with Gasteiger partial charge in [0.25, 0.3) is 5.56 Å². The van der Waals surface area contributed by atoms with E-state index in [0.29, 0.717) is 33.6 Å². The maximum absolute atomic E-state index is 13.4. The first-order valence-electron chi connectivity index (χ1n) is 11.3. The van der Waals surface area contributed by atoms with Crippen molar-refractivity contribution in [2.24, 2.45) is 7.05 Å². The number of hydrogen-bond donors (Lipinski definition) is 1. The van der Waals surface area contributed by atoms with E-state index in [2.05, 4.69) is 17.2 Å². The molecule has 1 unspecified atom stereocenters. The second-order valence-corrected chi connectivity index (χ2v) is 9.88. The van der Waals surface area contributed by atoms with Crippen molar-refractivity contribution in [1.82, 2.24) is 19.7 Å². The number of hydrogen-bond acceptors (Lipinski definition) is 5. The predicted molar refractivity (Wildman–Crippen MR) is 132 cm³/mol. The molecule has 2 aromatic heterocycles. The Bertz CT molecular complexity index is 1380. The Morgan fingerprint density at radius 2 is 2.12 bits per heavy atom. The zero-order chi connectivity index (χ0) is 24.6. The molecule has 1 aromatic carbocycles. The molecule has 9 heteroatoms. The second-order valence-electron chi connectivity index (χ2n) is 9.45. The standard InChI is InChI=1S/C25H29ClN4O4/c1-15-20-21(28-30(15)19-10-6-7-12-33-19)18-14-17(26)13-16(22(18)29(5)23(20)31)9-8-11-27-24(32)34-25(2,3)4/h13-14,19H,6-7,10-12H2,1-5H3,(H,27,32). The number of aromatic nitrogens is 3. The fourth-order valence-corrected chi connectivity index (χ4v) is 4.45. The lowest BCUT2D eigenvalue weighted by atomic mass is 10.1. The number of rotatable bonds is 2. The summed E-state index contributed by atoms with van der Waals surface area (Å²) in [6, 6.07) is 3.52. The minimum absolute atomic E-state index is 0.0892. The summed E-state index contributed by atoms with van der Waals surface area (Å²) in [5.41, 5.74) is 1.84. The summed E-state index contributed by atoms with van der Waals surface area (Å²) >= 11 is 6.44. The molecular weight excluding hydrogens is 456 g/mol. The molecule has 1 fully saturated rings. The lowest BCUT2D eigenvalue weighted by molar-refractivity contribution is -0.0402. The Kier molecular flexibility index (Phi) is 6.61. The van der Waals surface area contributed by atoms with E-state index in [0.717, 1.165) is 30.3 Å². The van der Waals surface area contributed by atoms with Crippen LogP contribution < -0.4 is 10.9 Å². The van der Waals surface area contributed by atoms with Gasteiger partial charge in [0, 0.05) is 24.1 Å². The van der Waals surface area contributed by atoms with Crippen LogP contribution in [-0.2, 0) is 16.5 Å². The summed E-state index contributed by atoms with van der Waals surface area (Å²) in [5.74, 6) is 5.96. The van der Waals surface area contributed by atoms with E-state index in [1.807, 2.05) is 11.6 Å². The second kappa shape index (κ2) is 9.32. The third-order valence-corrected chi connectivity index (χ3v) is 5.92.